The third kappa shape index (κ3) is 6.05. The van der Waals surface area contributed by atoms with Crippen molar-refractivity contribution >= 4 is 17.7 Å². The monoisotopic (exact) mass is 398 g/mol. The van der Waals surface area contributed by atoms with Gasteiger partial charge in [-0.15, -0.1) is 0 Å². The largest absolute Gasteiger partial charge is 0.411 e. The van der Waals surface area contributed by atoms with Crippen LogP contribution in [0.2, 0.25) is 0 Å². The zero-order valence-corrected chi connectivity index (χ0v) is 17.6. The second-order valence-electron chi connectivity index (χ2n) is 5.43. The van der Waals surface area contributed by atoms with E-state index in [4.69, 9.17) is 23.7 Å². The maximum absolute atomic E-state index is 12.5. The van der Waals surface area contributed by atoms with Gasteiger partial charge >= 0.3 is 17.1 Å². The molecule has 0 spiro atoms. The van der Waals surface area contributed by atoms with Crippen molar-refractivity contribution in [1.82, 2.24) is 0 Å². The van der Waals surface area contributed by atoms with Gasteiger partial charge in [-0.3, -0.25) is 0 Å². The van der Waals surface area contributed by atoms with E-state index in [1.165, 1.54) is 0 Å². The summed E-state index contributed by atoms with van der Waals surface area (Å²) in [7, 11) is 0. The average molecular weight is 399 g/mol. The van der Waals surface area contributed by atoms with E-state index in [1.54, 1.807) is 34.6 Å². The van der Waals surface area contributed by atoms with E-state index < -0.39 is 17.1 Å². The van der Waals surface area contributed by atoms with Crippen molar-refractivity contribution in [3.63, 3.8) is 0 Å². The molecule has 1 aromatic carbocycles. The first-order valence-electron chi connectivity index (χ1n) is 9.08. The maximum atomic E-state index is 12.5. The van der Waals surface area contributed by atoms with Crippen LogP contribution in [0.4, 0.5) is 0 Å². The summed E-state index contributed by atoms with van der Waals surface area (Å²) < 4.78 is 29.4. The molecular weight excluding hydrogens is 368 g/mol. The van der Waals surface area contributed by atoms with Crippen molar-refractivity contribution in [2.45, 2.75) is 50.6 Å². The van der Waals surface area contributed by atoms with E-state index in [0.717, 1.165) is 16.7 Å². The van der Waals surface area contributed by atoms with Crippen LogP contribution in [0.25, 0.3) is 0 Å². The van der Waals surface area contributed by atoms with Crippen LogP contribution in [-0.4, -0.2) is 43.5 Å². The van der Waals surface area contributed by atoms with Gasteiger partial charge in [0.2, 0.25) is 0 Å². The Hall–Kier alpha value is -1.38. The molecule has 0 aliphatic rings. The molecule has 0 amide bonds. The van der Waals surface area contributed by atoms with E-state index >= 15 is 0 Å². The molecule has 0 aliphatic carbocycles. The number of rotatable bonds is 13. The molecule has 0 heterocycles. The number of benzene rings is 1. The van der Waals surface area contributed by atoms with Crippen LogP contribution in [0.5, 0.6) is 0 Å². The first kappa shape index (κ1) is 23.7. The Morgan fingerprint density at radius 3 is 1.81 bits per heavy atom. The highest BCUT2D eigenvalue weighted by Crippen LogP contribution is 2.47. The normalized spacial score (nSPS) is 13.8. The third-order valence-corrected chi connectivity index (χ3v) is 4.51. The van der Waals surface area contributed by atoms with Crippen molar-refractivity contribution in [2.24, 2.45) is 0 Å². The molecule has 1 rings (SSSR count). The fourth-order valence-corrected chi connectivity index (χ4v) is 3.50. The lowest BCUT2D eigenvalue weighted by Crippen LogP contribution is -2.61. The first-order valence-corrected chi connectivity index (χ1v) is 9.90. The minimum absolute atomic E-state index is 0.228. The summed E-state index contributed by atoms with van der Waals surface area (Å²) in [5, 5.41) is -1.73. The molecule has 6 nitrogen and oxygen atoms in total. The standard InChI is InChI=1S/C20H30O6S/c1-7-22-19(23-8-2,24-9-3)20(25-10-4,26-18(21)16(5)6)27-17-14-12-11-13-15-17/h11-15H,5,7-10H2,1-4,6H3. The summed E-state index contributed by atoms with van der Waals surface area (Å²) in [6.45, 7) is 13.4. The van der Waals surface area contributed by atoms with Gasteiger partial charge in [0, 0.05) is 36.9 Å². The molecule has 1 aromatic rings. The predicted octanol–water partition coefficient (Wildman–Crippen LogP) is 4.35. The molecule has 0 radical (unpaired) electrons. The van der Waals surface area contributed by atoms with Crippen molar-refractivity contribution in [2.75, 3.05) is 26.4 Å². The molecule has 0 aromatic heterocycles. The SMILES string of the molecule is C=C(C)C(=O)OC(OCC)(Sc1ccccc1)C(OCC)(OCC)OCC. The maximum Gasteiger partial charge on any atom is 0.364 e. The van der Waals surface area contributed by atoms with Gasteiger partial charge in [-0.2, -0.15) is 0 Å². The molecular formula is C20H30O6S. The minimum Gasteiger partial charge on any atom is -0.411 e. The Morgan fingerprint density at radius 2 is 1.41 bits per heavy atom. The van der Waals surface area contributed by atoms with Crippen LogP contribution in [0.3, 0.4) is 0 Å². The summed E-state index contributed by atoms with van der Waals surface area (Å²) in [5.74, 6) is -2.39. The molecule has 0 saturated carbocycles. The molecule has 152 valence electrons. The van der Waals surface area contributed by atoms with Gasteiger partial charge in [0.05, 0.1) is 0 Å². The summed E-state index contributed by atoms with van der Waals surface area (Å²) >= 11 is 1.15. The van der Waals surface area contributed by atoms with Gasteiger partial charge in [0.15, 0.2) is 0 Å². The van der Waals surface area contributed by atoms with Crippen molar-refractivity contribution in [1.29, 1.82) is 0 Å². The lowest BCUT2D eigenvalue weighted by Gasteiger charge is -2.45. The van der Waals surface area contributed by atoms with E-state index in [0.29, 0.717) is 0 Å². The molecule has 0 bridgehead atoms. The molecule has 0 aliphatic heterocycles. The predicted molar refractivity (Wildman–Crippen MR) is 105 cm³/mol. The topological polar surface area (TPSA) is 63.2 Å². The highest BCUT2D eigenvalue weighted by Gasteiger charge is 2.62. The Morgan fingerprint density at radius 1 is 0.926 bits per heavy atom. The van der Waals surface area contributed by atoms with Crippen LogP contribution >= 0.6 is 11.8 Å². The number of carbonyl (C=O) groups is 1. The molecule has 7 heteroatoms. The van der Waals surface area contributed by atoms with Crippen molar-refractivity contribution in [3.05, 3.63) is 42.5 Å². The number of thioether (sulfide) groups is 1. The quantitative estimate of drug-likeness (QED) is 0.212. The third-order valence-electron chi connectivity index (χ3n) is 3.28. The lowest BCUT2D eigenvalue weighted by molar-refractivity contribution is -0.459. The first-order chi connectivity index (χ1) is 12.9. The highest BCUT2D eigenvalue weighted by atomic mass is 32.2. The Kier molecular flexibility index (Phi) is 10.0. The van der Waals surface area contributed by atoms with Gasteiger partial charge in [0.25, 0.3) is 0 Å². The van der Waals surface area contributed by atoms with Gasteiger partial charge in [0.1, 0.15) is 0 Å². The van der Waals surface area contributed by atoms with E-state index in [-0.39, 0.29) is 32.0 Å². The van der Waals surface area contributed by atoms with Crippen molar-refractivity contribution in [3.8, 4) is 0 Å². The lowest BCUT2D eigenvalue weighted by atomic mass is 10.3. The minimum atomic E-state index is -1.76. The van der Waals surface area contributed by atoms with Gasteiger partial charge in [-0.1, -0.05) is 24.8 Å². The highest BCUT2D eigenvalue weighted by molar-refractivity contribution is 8.00. The van der Waals surface area contributed by atoms with Crippen molar-refractivity contribution < 1.29 is 28.5 Å². The molecule has 0 saturated heterocycles. The van der Waals surface area contributed by atoms with E-state index in [1.807, 2.05) is 30.3 Å². The number of esters is 1. The van der Waals surface area contributed by atoms with Gasteiger partial charge in [-0.05, 0) is 58.5 Å². The second kappa shape index (κ2) is 11.5. The van der Waals surface area contributed by atoms with E-state index in [9.17, 15) is 4.79 Å². The number of carbonyl (C=O) groups excluding carboxylic acids is 1. The van der Waals surface area contributed by atoms with Gasteiger partial charge in [-0.25, -0.2) is 4.79 Å². The van der Waals surface area contributed by atoms with Crippen LogP contribution in [0.15, 0.2) is 47.4 Å². The van der Waals surface area contributed by atoms with E-state index in [2.05, 4.69) is 6.58 Å². The van der Waals surface area contributed by atoms with Crippen LogP contribution in [0, 0.1) is 0 Å². The summed E-state index contributed by atoms with van der Waals surface area (Å²) in [4.78, 5) is 13.3. The smallest absolute Gasteiger partial charge is 0.364 e. The second-order valence-corrected chi connectivity index (χ2v) is 6.64. The van der Waals surface area contributed by atoms with Crippen LogP contribution < -0.4 is 0 Å². The fourth-order valence-electron chi connectivity index (χ4n) is 2.30. The zero-order chi connectivity index (χ0) is 20.3. The molecule has 0 N–H and O–H groups in total. The fraction of sp³-hybridized carbons (Fsp3) is 0.550. The average Bonchev–Trinajstić information content (AvgIpc) is 2.63. The van der Waals surface area contributed by atoms with Crippen LogP contribution in [-0.2, 0) is 28.5 Å². The Balaban J connectivity index is 3.56. The van der Waals surface area contributed by atoms with Gasteiger partial charge < -0.3 is 23.7 Å². The Labute approximate surface area is 166 Å². The molecule has 27 heavy (non-hydrogen) atoms. The number of hydrogen-bond donors (Lipinski definition) is 0. The molecule has 1 atom stereocenters. The Bertz CT molecular complexity index is 574. The van der Waals surface area contributed by atoms with Crippen LogP contribution in [0.1, 0.15) is 34.6 Å². The summed E-state index contributed by atoms with van der Waals surface area (Å²) in [6.07, 6.45) is 0. The zero-order valence-electron chi connectivity index (χ0n) is 16.8. The summed E-state index contributed by atoms with van der Waals surface area (Å²) in [5.41, 5.74) is 0.228. The molecule has 0 fully saturated rings. The molecule has 1 unspecified atom stereocenters. The number of ether oxygens (including phenoxy) is 5. The summed E-state index contributed by atoms with van der Waals surface area (Å²) in [6, 6.07) is 9.41. The number of hydrogen-bond acceptors (Lipinski definition) is 7.